The molecule has 2 saturated carbocycles. The Kier molecular flexibility index (Phi) is 5.58. The highest BCUT2D eigenvalue weighted by atomic mass is 35.5. The van der Waals surface area contributed by atoms with Gasteiger partial charge in [-0.05, 0) is 62.8 Å². The van der Waals surface area contributed by atoms with Crippen LogP contribution in [0, 0.1) is 18.3 Å². The zero-order chi connectivity index (χ0) is 17.4. The Balaban J connectivity index is 0.00000196. The number of halogens is 1. The van der Waals surface area contributed by atoms with Crippen LogP contribution in [0.2, 0.25) is 0 Å². The van der Waals surface area contributed by atoms with Gasteiger partial charge in [0.15, 0.2) is 0 Å². The number of hydrogen-bond donors (Lipinski definition) is 3. The number of benzene rings is 1. The maximum atomic E-state index is 13.1. The Bertz CT molecular complexity index is 704. The first-order chi connectivity index (χ1) is 12.1. The van der Waals surface area contributed by atoms with E-state index in [4.69, 9.17) is 0 Å². The number of rotatable bonds is 4. The van der Waals surface area contributed by atoms with Crippen LogP contribution in [0.15, 0.2) is 18.2 Å². The van der Waals surface area contributed by atoms with Crippen molar-refractivity contribution < 1.29 is 9.59 Å². The first kappa shape index (κ1) is 19.2. The van der Waals surface area contributed by atoms with Crippen LogP contribution in [-0.2, 0) is 4.79 Å². The van der Waals surface area contributed by atoms with E-state index in [2.05, 4.69) is 16.0 Å². The van der Waals surface area contributed by atoms with Gasteiger partial charge in [0.25, 0.3) is 5.91 Å². The predicted molar refractivity (Wildman–Crippen MR) is 105 cm³/mol. The summed E-state index contributed by atoms with van der Waals surface area (Å²) < 4.78 is 0. The molecule has 3 N–H and O–H groups in total. The molecule has 0 radical (unpaired) electrons. The minimum absolute atomic E-state index is 0. The Morgan fingerprint density at radius 1 is 1.19 bits per heavy atom. The molecule has 1 aliphatic heterocycles. The first-order valence-electron chi connectivity index (χ1n) is 9.52. The van der Waals surface area contributed by atoms with E-state index in [0.29, 0.717) is 17.5 Å². The lowest BCUT2D eigenvalue weighted by Gasteiger charge is -2.37. The zero-order valence-electron chi connectivity index (χ0n) is 15.3. The number of carbonyl (C=O) groups excluding carboxylic acids is 2. The fourth-order valence-electron chi connectivity index (χ4n) is 4.33. The van der Waals surface area contributed by atoms with Gasteiger partial charge < -0.3 is 16.0 Å². The molecule has 1 heterocycles. The molecule has 142 valence electrons. The van der Waals surface area contributed by atoms with Crippen LogP contribution < -0.4 is 16.0 Å². The minimum Gasteiger partial charge on any atom is -0.349 e. The topological polar surface area (TPSA) is 70.2 Å². The number of fused-ring (bicyclic) bond motifs is 1. The number of hydrogen-bond acceptors (Lipinski definition) is 3. The molecule has 2 amide bonds. The number of carbonyl (C=O) groups is 2. The Hall–Kier alpha value is -1.59. The normalized spacial score (nSPS) is 27.2. The van der Waals surface area contributed by atoms with E-state index in [1.165, 1.54) is 6.42 Å². The minimum atomic E-state index is -0.281. The summed E-state index contributed by atoms with van der Waals surface area (Å²) in [6.07, 6.45) is 6.56. The average molecular weight is 378 g/mol. The van der Waals surface area contributed by atoms with Crippen LogP contribution in [0.25, 0.3) is 0 Å². The van der Waals surface area contributed by atoms with Gasteiger partial charge in [-0.1, -0.05) is 18.9 Å². The van der Waals surface area contributed by atoms with Crippen LogP contribution in [0.3, 0.4) is 0 Å². The van der Waals surface area contributed by atoms with Gasteiger partial charge in [0.05, 0.1) is 5.41 Å². The Morgan fingerprint density at radius 3 is 2.77 bits per heavy atom. The standard InChI is InChI=1S/C20H27N3O2.ClH/c1-13-5-6-14(18(24)22-16-7-8-16)10-17(13)23-19(25)20-9-3-2-4-15(20)11-21-12-20;/h5-6,10,15-16,21H,2-4,7-9,11-12H2,1H3,(H,22,24)(H,23,25);1H/t15-,20+;/m0./s1. The van der Waals surface area contributed by atoms with Crippen molar-refractivity contribution in [1.82, 2.24) is 10.6 Å². The molecule has 26 heavy (non-hydrogen) atoms. The average Bonchev–Trinajstić information content (AvgIpc) is 3.31. The summed E-state index contributed by atoms with van der Waals surface area (Å²) in [5, 5.41) is 9.57. The molecular formula is C20H28ClN3O2. The molecule has 0 unspecified atom stereocenters. The van der Waals surface area contributed by atoms with Gasteiger partial charge >= 0.3 is 0 Å². The highest BCUT2D eigenvalue weighted by Crippen LogP contribution is 2.44. The van der Waals surface area contributed by atoms with Crippen molar-refractivity contribution in [3.05, 3.63) is 29.3 Å². The monoisotopic (exact) mass is 377 g/mol. The molecule has 2 aliphatic carbocycles. The molecule has 6 heteroatoms. The number of anilines is 1. The summed E-state index contributed by atoms with van der Waals surface area (Å²) in [5.74, 6) is 0.502. The van der Waals surface area contributed by atoms with Gasteiger partial charge in [-0.3, -0.25) is 9.59 Å². The predicted octanol–water partition coefficient (Wildman–Crippen LogP) is 3.03. The first-order valence-corrected chi connectivity index (χ1v) is 9.52. The molecular weight excluding hydrogens is 350 g/mol. The quantitative estimate of drug-likeness (QED) is 0.755. The van der Waals surface area contributed by atoms with Crippen LogP contribution in [-0.4, -0.2) is 30.9 Å². The molecule has 5 nitrogen and oxygen atoms in total. The van der Waals surface area contributed by atoms with Crippen LogP contribution in [0.1, 0.15) is 54.4 Å². The third-order valence-electron chi connectivity index (χ3n) is 6.15. The third-order valence-corrected chi connectivity index (χ3v) is 6.15. The third kappa shape index (κ3) is 3.60. The molecule has 3 fully saturated rings. The van der Waals surface area contributed by atoms with E-state index in [1.54, 1.807) is 0 Å². The van der Waals surface area contributed by atoms with Crippen molar-refractivity contribution >= 4 is 29.9 Å². The van der Waals surface area contributed by atoms with E-state index in [0.717, 1.165) is 56.4 Å². The van der Waals surface area contributed by atoms with Gasteiger partial charge in [0.2, 0.25) is 5.91 Å². The summed E-state index contributed by atoms with van der Waals surface area (Å²) in [5.41, 5.74) is 2.09. The van der Waals surface area contributed by atoms with Crippen LogP contribution in [0.4, 0.5) is 5.69 Å². The van der Waals surface area contributed by atoms with E-state index in [-0.39, 0.29) is 29.6 Å². The van der Waals surface area contributed by atoms with E-state index < -0.39 is 0 Å². The van der Waals surface area contributed by atoms with Gasteiger partial charge in [-0.2, -0.15) is 0 Å². The molecule has 1 saturated heterocycles. The van der Waals surface area contributed by atoms with Crippen molar-refractivity contribution in [2.75, 3.05) is 18.4 Å². The molecule has 0 aromatic heterocycles. The van der Waals surface area contributed by atoms with E-state index in [9.17, 15) is 9.59 Å². The smallest absolute Gasteiger partial charge is 0.251 e. The molecule has 2 atom stereocenters. The van der Waals surface area contributed by atoms with Crippen LogP contribution >= 0.6 is 12.4 Å². The molecule has 3 aliphatic rings. The number of aryl methyl sites for hydroxylation is 1. The molecule has 0 spiro atoms. The summed E-state index contributed by atoms with van der Waals surface area (Å²) in [6, 6.07) is 5.90. The zero-order valence-corrected chi connectivity index (χ0v) is 16.1. The SMILES string of the molecule is Cc1ccc(C(=O)NC2CC2)cc1NC(=O)[C@@]12CCCC[C@H]1CNC2.Cl. The van der Waals surface area contributed by atoms with Crippen molar-refractivity contribution in [3.63, 3.8) is 0 Å². The van der Waals surface area contributed by atoms with Crippen molar-refractivity contribution in [1.29, 1.82) is 0 Å². The van der Waals surface area contributed by atoms with Crippen molar-refractivity contribution in [2.45, 2.75) is 51.5 Å². The second-order valence-corrected chi connectivity index (χ2v) is 7.96. The second-order valence-electron chi connectivity index (χ2n) is 7.96. The lowest BCUT2D eigenvalue weighted by Crippen LogP contribution is -2.44. The summed E-state index contributed by atoms with van der Waals surface area (Å²) >= 11 is 0. The maximum Gasteiger partial charge on any atom is 0.251 e. The van der Waals surface area contributed by atoms with Crippen molar-refractivity contribution in [2.24, 2.45) is 11.3 Å². The van der Waals surface area contributed by atoms with E-state index in [1.807, 2.05) is 25.1 Å². The van der Waals surface area contributed by atoms with Gasteiger partial charge in [-0.25, -0.2) is 0 Å². The molecule has 4 rings (SSSR count). The summed E-state index contributed by atoms with van der Waals surface area (Å²) in [6.45, 7) is 3.68. The second kappa shape index (κ2) is 7.57. The van der Waals surface area contributed by atoms with Crippen LogP contribution in [0.5, 0.6) is 0 Å². The summed E-state index contributed by atoms with van der Waals surface area (Å²) in [7, 11) is 0. The Morgan fingerprint density at radius 2 is 2.00 bits per heavy atom. The molecule has 1 aromatic rings. The van der Waals surface area contributed by atoms with Gasteiger partial charge in [-0.15, -0.1) is 12.4 Å². The van der Waals surface area contributed by atoms with Gasteiger partial charge in [0, 0.05) is 23.8 Å². The fraction of sp³-hybridized carbons (Fsp3) is 0.600. The van der Waals surface area contributed by atoms with Gasteiger partial charge in [0.1, 0.15) is 0 Å². The number of amides is 2. The number of nitrogens with one attached hydrogen (secondary N) is 3. The Labute approximate surface area is 161 Å². The highest BCUT2D eigenvalue weighted by molar-refractivity contribution is 6.00. The fourth-order valence-corrected chi connectivity index (χ4v) is 4.33. The summed E-state index contributed by atoms with van der Waals surface area (Å²) in [4.78, 5) is 25.4. The lowest BCUT2D eigenvalue weighted by molar-refractivity contribution is -0.128. The lowest BCUT2D eigenvalue weighted by atomic mass is 9.67. The van der Waals surface area contributed by atoms with E-state index >= 15 is 0 Å². The maximum absolute atomic E-state index is 13.1. The highest BCUT2D eigenvalue weighted by Gasteiger charge is 2.49. The van der Waals surface area contributed by atoms with Crippen molar-refractivity contribution in [3.8, 4) is 0 Å². The largest absolute Gasteiger partial charge is 0.349 e. The molecule has 1 aromatic carbocycles. The molecule has 0 bridgehead atoms.